The Morgan fingerprint density at radius 2 is 1.79 bits per heavy atom. The van der Waals surface area contributed by atoms with E-state index in [0.29, 0.717) is 19.0 Å². The second-order valence-corrected chi connectivity index (χ2v) is 5.90. The Hall–Kier alpha value is -2.54. The minimum Gasteiger partial charge on any atom is -0.486 e. The number of hydrogen-bond donors (Lipinski definition) is 2. The number of fused-ring (bicyclic) bond motifs is 1. The molecule has 7 nitrogen and oxygen atoms in total. The van der Waals surface area contributed by atoms with Crippen LogP contribution in [0.5, 0.6) is 11.5 Å². The van der Waals surface area contributed by atoms with E-state index in [4.69, 9.17) is 9.47 Å². The molecule has 0 saturated carbocycles. The molecule has 0 saturated heterocycles. The number of aryl methyl sites for hydroxylation is 1. The van der Waals surface area contributed by atoms with Crippen molar-refractivity contribution in [1.29, 1.82) is 0 Å². The van der Waals surface area contributed by atoms with Crippen LogP contribution in [-0.2, 0) is 0 Å². The van der Waals surface area contributed by atoms with Gasteiger partial charge in [0.1, 0.15) is 30.7 Å². The van der Waals surface area contributed by atoms with Gasteiger partial charge in [-0.2, -0.15) is 0 Å². The van der Waals surface area contributed by atoms with Crippen molar-refractivity contribution < 1.29 is 9.47 Å². The zero-order chi connectivity index (χ0) is 16.9. The van der Waals surface area contributed by atoms with Crippen LogP contribution in [-0.4, -0.2) is 55.3 Å². The van der Waals surface area contributed by atoms with E-state index in [9.17, 15) is 0 Å². The first-order valence-corrected chi connectivity index (χ1v) is 8.01. The van der Waals surface area contributed by atoms with Gasteiger partial charge in [0.25, 0.3) is 0 Å². The fraction of sp³-hybridized carbons (Fsp3) is 0.412. The number of likely N-dealkylation sites (N-methyl/N-ethyl adjacent to an activating group) is 1. The predicted octanol–water partition coefficient (Wildman–Crippen LogP) is 2.27. The average Bonchev–Trinajstić information content (AvgIpc) is 2.54. The standard InChI is InChI=1S/C17H23N5O2/c1-12-19-16(18-6-7-22(2)3)11-17(20-12)21-13-4-5-14-15(10-13)24-9-8-23-14/h4-5,10-11H,6-9H2,1-3H3,(H2,18,19,20,21). The molecule has 2 N–H and O–H groups in total. The maximum absolute atomic E-state index is 5.61. The third-order valence-corrected chi connectivity index (χ3v) is 3.52. The van der Waals surface area contributed by atoms with Gasteiger partial charge in [0.15, 0.2) is 11.5 Å². The van der Waals surface area contributed by atoms with Gasteiger partial charge in [-0.3, -0.25) is 0 Å². The fourth-order valence-corrected chi connectivity index (χ4v) is 2.40. The predicted molar refractivity (Wildman–Crippen MR) is 94.5 cm³/mol. The SMILES string of the molecule is Cc1nc(NCCN(C)C)cc(Nc2ccc3c(c2)OCCO3)n1. The summed E-state index contributed by atoms with van der Waals surface area (Å²) in [5.41, 5.74) is 0.900. The van der Waals surface area contributed by atoms with Gasteiger partial charge in [0.2, 0.25) is 0 Å². The molecule has 2 aromatic rings. The average molecular weight is 329 g/mol. The van der Waals surface area contributed by atoms with Crippen molar-refractivity contribution in [3.8, 4) is 11.5 Å². The summed E-state index contributed by atoms with van der Waals surface area (Å²) >= 11 is 0. The van der Waals surface area contributed by atoms with Crippen molar-refractivity contribution in [2.24, 2.45) is 0 Å². The van der Waals surface area contributed by atoms with Crippen molar-refractivity contribution in [2.45, 2.75) is 6.92 Å². The van der Waals surface area contributed by atoms with Crippen LogP contribution in [0.25, 0.3) is 0 Å². The lowest BCUT2D eigenvalue weighted by molar-refractivity contribution is 0.171. The number of ether oxygens (including phenoxy) is 2. The number of hydrogen-bond acceptors (Lipinski definition) is 7. The first-order valence-electron chi connectivity index (χ1n) is 8.01. The first-order chi connectivity index (χ1) is 11.6. The summed E-state index contributed by atoms with van der Waals surface area (Å²) < 4.78 is 11.1. The topological polar surface area (TPSA) is 71.5 Å². The minimum atomic E-state index is 0.572. The van der Waals surface area contributed by atoms with Crippen LogP contribution >= 0.6 is 0 Å². The van der Waals surface area contributed by atoms with E-state index in [1.165, 1.54) is 0 Å². The van der Waals surface area contributed by atoms with Gasteiger partial charge in [-0.15, -0.1) is 0 Å². The molecule has 0 unspecified atom stereocenters. The molecule has 0 spiro atoms. The molecule has 7 heteroatoms. The Labute approximate surface area is 142 Å². The molecule has 24 heavy (non-hydrogen) atoms. The van der Waals surface area contributed by atoms with E-state index >= 15 is 0 Å². The Morgan fingerprint density at radius 1 is 1.04 bits per heavy atom. The van der Waals surface area contributed by atoms with E-state index in [1.807, 2.05) is 45.3 Å². The maximum atomic E-state index is 5.61. The normalized spacial score (nSPS) is 13.0. The molecule has 1 aliphatic rings. The molecule has 0 amide bonds. The Morgan fingerprint density at radius 3 is 2.58 bits per heavy atom. The van der Waals surface area contributed by atoms with Crippen LogP contribution in [0.15, 0.2) is 24.3 Å². The summed E-state index contributed by atoms with van der Waals surface area (Å²) in [6.45, 7) is 4.81. The summed E-state index contributed by atoms with van der Waals surface area (Å²) in [6.07, 6.45) is 0. The zero-order valence-corrected chi connectivity index (χ0v) is 14.3. The molecule has 0 fully saturated rings. The van der Waals surface area contributed by atoms with Crippen molar-refractivity contribution >= 4 is 17.3 Å². The number of rotatable bonds is 6. The van der Waals surface area contributed by atoms with Crippen molar-refractivity contribution in [3.63, 3.8) is 0 Å². The highest BCUT2D eigenvalue weighted by molar-refractivity contribution is 5.63. The quantitative estimate of drug-likeness (QED) is 0.842. The van der Waals surface area contributed by atoms with Gasteiger partial charge in [-0.05, 0) is 33.2 Å². The van der Waals surface area contributed by atoms with E-state index in [-0.39, 0.29) is 0 Å². The molecule has 1 aromatic carbocycles. The van der Waals surface area contributed by atoms with Crippen molar-refractivity contribution in [1.82, 2.24) is 14.9 Å². The third-order valence-electron chi connectivity index (χ3n) is 3.52. The molecule has 0 bridgehead atoms. The summed E-state index contributed by atoms with van der Waals surface area (Å²) in [4.78, 5) is 11.0. The molecule has 0 atom stereocenters. The van der Waals surface area contributed by atoms with Crippen LogP contribution in [0, 0.1) is 6.92 Å². The van der Waals surface area contributed by atoms with Crippen LogP contribution in [0.2, 0.25) is 0 Å². The van der Waals surface area contributed by atoms with E-state index in [0.717, 1.165) is 41.9 Å². The maximum Gasteiger partial charge on any atom is 0.163 e. The number of nitrogens with zero attached hydrogens (tertiary/aromatic N) is 3. The number of benzene rings is 1. The minimum absolute atomic E-state index is 0.572. The van der Waals surface area contributed by atoms with Gasteiger partial charge in [0.05, 0.1) is 0 Å². The Balaban J connectivity index is 1.71. The molecular formula is C17H23N5O2. The lowest BCUT2D eigenvalue weighted by atomic mass is 10.2. The summed E-state index contributed by atoms with van der Waals surface area (Å²) in [5, 5.41) is 6.61. The molecular weight excluding hydrogens is 306 g/mol. The van der Waals surface area contributed by atoms with E-state index in [2.05, 4.69) is 25.5 Å². The largest absolute Gasteiger partial charge is 0.486 e. The van der Waals surface area contributed by atoms with Crippen molar-refractivity contribution in [3.05, 3.63) is 30.1 Å². The molecule has 0 radical (unpaired) electrons. The Kier molecular flexibility index (Phi) is 5.00. The van der Waals surface area contributed by atoms with E-state index in [1.54, 1.807) is 0 Å². The molecule has 128 valence electrons. The second kappa shape index (κ2) is 7.35. The molecule has 1 aliphatic heterocycles. The van der Waals surface area contributed by atoms with Gasteiger partial charge in [-0.25, -0.2) is 9.97 Å². The molecule has 2 heterocycles. The third kappa shape index (κ3) is 4.26. The molecule has 3 rings (SSSR count). The number of anilines is 3. The monoisotopic (exact) mass is 329 g/mol. The summed E-state index contributed by atoms with van der Waals surface area (Å²) in [7, 11) is 4.09. The van der Waals surface area contributed by atoms with Crippen molar-refractivity contribution in [2.75, 3.05) is 51.0 Å². The van der Waals surface area contributed by atoms with Gasteiger partial charge < -0.3 is 25.0 Å². The Bertz CT molecular complexity index is 705. The highest BCUT2D eigenvalue weighted by Crippen LogP contribution is 2.33. The van der Waals surface area contributed by atoms with Gasteiger partial charge in [-0.1, -0.05) is 0 Å². The number of nitrogens with one attached hydrogen (secondary N) is 2. The van der Waals surface area contributed by atoms with Gasteiger partial charge >= 0.3 is 0 Å². The van der Waals surface area contributed by atoms with Crippen LogP contribution in [0.1, 0.15) is 5.82 Å². The summed E-state index contributed by atoms with van der Waals surface area (Å²) in [5.74, 6) is 3.79. The first kappa shape index (κ1) is 16.3. The molecule has 1 aromatic heterocycles. The molecule has 0 aliphatic carbocycles. The lowest BCUT2D eigenvalue weighted by Crippen LogP contribution is -2.21. The highest BCUT2D eigenvalue weighted by atomic mass is 16.6. The van der Waals surface area contributed by atoms with Gasteiger partial charge in [0, 0.05) is 30.9 Å². The zero-order valence-electron chi connectivity index (χ0n) is 14.3. The van der Waals surface area contributed by atoms with E-state index < -0.39 is 0 Å². The summed E-state index contributed by atoms with van der Waals surface area (Å²) in [6, 6.07) is 7.68. The smallest absolute Gasteiger partial charge is 0.163 e. The van der Waals surface area contributed by atoms with Crippen LogP contribution in [0.4, 0.5) is 17.3 Å². The fourth-order valence-electron chi connectivity index (χ4n) is 2.40. The highest BCUT2D eigenvalue weighted by Gasteiger charge is 2.12. The lowest BCUT2D eigenvalue weighted by Gasteiger charge is -2.19. The second-order valence-electron chi connectivity index (χ2n) is 5.90. The number of aromatic nitrogens is 2. The van der Waals surface area contributed by atoms with Crippen LogP contribution < -0.4 is 20.1 Å². The van der Waals surface area contributed by atoms with Crippen LogP contribution in [0.3, 0.4) is 0 Å².